The van der Waals surface area contributed by atoms with Gasteiger partial charge >= 0.3 is 0 Å². The summed E-state index contributed by atoms with van der Waals surface area (Å²) in [6.45, 7) is 1.000. The summed E-state index contributed by atoms with van der Waals surface area (Å²) in [5.41, 5.74) is 5.77. The predicted molar refractivity (Wildman–Crippen MR) is 280 cm³/mol. The van der Waals surface area contributed by atoms with E-state index in [-0.39, 0.29) is 71.7 Å². The smallest absolute Gasteiger partial charge is 0.253 e. The number of hydrogen-bond donors (Lipinski definition) is 3. The van der Waals surface area contributed by atoms with Gasteiger partial charge in [-0.15, -0.1) is 5.10 Å². The van der Waals surface area contributed by atoms with Gasteiger partial charge in [-0.25, -0.2) is 4.68 Å². The lowest BCUT2D eigenvalue weighted by Gasteiger charge is -2.28. The van der Waals surface area contributed by atoms with Crippen molar-refractivity contribution < 1.29 is 43.0 Å². The van der Waals surface area contributed by atoms with E-state index in [2.05, 4.69) is 16.6 Å². The molecule has 0 bridgehead atoms. The molecule has 72 heavy (non-hydrogen) atoms. The lowest BCUT2D eigenvalue weighted by Crippen LogP contribution is -2.33. The molecular weight excluding hydrogens is 956 g/mol. The minimum Gasteiger partial charge on any atom is -0.780 e. The number of phenols is 2. The van der Waals surface area contributed by atoms with Gasteiger partial charge in [0.15, 0.2) is 16.8 Å². The van der Waals surface area contributed by atoms with E-state index >= 15 is 0 Å². The second kappa shape index (κ2) is 25.9. The Bertz CT molecular complexity index is 2920. The summed E-state index contributed by atoms with van der Waals surface area (Å²) in [6.07, 6.45) is 11.6. The Labute approximate surface area is 425 Å². The Morgan fingerprint density at radius 3 is 2.28 bits per heavy atom. The molecule has 7 rings (SSSR count). The van der Waals surface area contributed by atoms with Gasteiger partial charge in [-0.2, -0.15) is 0 Å². The number of hydrogen-bond acceptors (Lipinski definition) is 13. The summed E-state index contributed by atoms with van der Waals surface area (Å²) in [4.78, 5) is 68.0. The van der Waals surface area contributed by atoms with E-state index in [9.17, 15) is 34.3 Å². The maximum absolute atomic E-state index is 14.0. The quantitative estimate of drug-likeness (QED) is 0.0263. The molecule has 1 aliphatic rings. The number of para-hydroxylation sites is 1. The number of aromatic hydroxyl groups is 2. The molecule has 16 nitrogen and oxygen atoms in total. The largest absolute Gasteiger partial charge is 0.780 e. The van der Waals surface area contributed by atoms with Crippen molar-refractivity contribution >= 4 is 52.9 Å². The second-order valence-corrected chi connectivity index (χ2v) is 20.8. The molecular formula is C54H64N6O10PS-. The van der Waals surface area contributed by atoms with Crippen molar-refractivity contribution in [3.05, 3.63) is 112 Å². The Kier molecular flexibility index (Phi) is 19.3. The highest BCUT2D eigenvalue weighted by molar-refractivity contribution is 8.06. The molecule has 6 aromatic rings. The fraction of sp³-hybridized carbons (Fsp3) is 0.407. The molecule has 4 aromatic carbocycles. The van der Waals surface area contributed by atoms with Gasteiger partial charge in [0.05, 0.1) is 36.5 Å². The van der Waals surface area contributed by atoms with Crippen LogP contribution in [0, 0.1) is 0 Å². The molecule has 2 aromatic heterocycles. The van der Waals surface area contributed by atoms with Crippen LogP contribution in [0.5, 0.6) is 11.5 Å². The fourth-order valence-corrected chi connectivity index (χ4v) is 10.2. The standard InChI is InChI=1S/C54H65N6O10PS/c1-3-68-71(67,72)69-35-19-11-8-16-32-55-48(63)30-31-49(64)59-37-40-20-12-13-21-41(40)51-50(42-22-14-15-23-44(42)59)56-57-60(51)34-18-10-7-5-4-6-9-17-33-58(2)54(66)39-26-24-38(25-27-39)47-36-46(62)43-28-29-45(61)52(65)53(43)70-47/h12-15,20-29,36,61,65H,3-11,16-19,30-35,37H2,1-2H3,(H,55,63)(H,67,72)/p-1. The average Bonchev–Trinajstić information content (AvgIpc) is 3.79. The highest BCUT2D eigenvalue weighted by Gasteiger charge is 2.29. The number of phenolic OH excluding ortho intramolecular Hbond substituents is 2. The Morgan fingerprint density at radius 2 is 1.51 bits per heavy atom. The summed E-state index contributed by atoms with van der Waals surface area (Å²) in [6, 6.07) is 26.5. The van der Waals surface area contributed by atoms with E-state index in [4.69, 9.17) is 30.4 Å². The maximum Gasteiger partial charge on any atom is 0.253 e. The van der Waals surface area contributed by atoms with Crippen LogP contribution in [0.25, 0.3) is 44.8 Å². The van der Waals surface area contributed by atoms with Crippen molar-refractivity contribution in [3.63, 3.8) is 0 Å². The van der Waals surface area contributed by atoms with Crippen LogP contribution in [-0.2, 0) is 43.5 Å². The molecule has 0 fully saturated rings. The lowest BCUT2D eigenvalue weighted by atomic mass is 9.95. The molecule has 0 radical (unpaired) electrons. The van der Waals surface area contributed by atoms with Crippen LogP contribution < -0.4 is 20.5 Å². The number of aromatic nitrogens is 3. The molecule has 0 saturated heterocycles. The number of fused-ring (bicyclic) bond motifs is 6. The van der Waals surface area contributed by atoms with Crippen LogP contribution in [0.15, 0.2) is 100 Å². The van der Waals surface area contributed by atoms with Gasteiger partial charge in [0, 0.05) is 67.8 Å². The number of aryl methyl sites for hydroxylation is 1. The van der Waals surface area contributed by atoms with E-state index in [1.165, 1.54) is 18.2 Å². The summed E-state index contributed by atoms with van der Waals surface area (Å²) in [7, 11) is 1.80. The first-order chi connectivity index (χ1) is 34.8. The monoisotopic (exact) mass is 1020 g/mol. The third-order valence-corrected chi connectivity index (χ3v) is 14.5. The number of benzene rings is 4. The van der Waals surface area contributed by atoms with Gasteiger partial charge in [0.25, 0.3) is 5.91 Å². The third kappa shape index (κ3) is 14.0. The molecule has 1 atom stereocenters. The van der Waals surface area contributed by atoms with Crippen LogP contribution >= 0.6 is 6.72 Å². The van der Waals surface area contributed by atoms with E-state index in [1.54, 1.807) is 48.0 Å². The minimum absolute atomic E-state index is 0.0537. The zero-order valence-corrected chi connectivity index (χ0v) is 42.8. The lowest BCUT2D eigenvalue weighted by molar-refractivity contribution is -0.206. The van der Waals surface area contributed by atoms with E-state index in [1.807, 2.05) is 47.1 Å². The van der Waals surface area contributed by atoms with Crippen LogP contribution in [0.1, 0.15) is 113 Å². The van der Waals surface area contributed by atoms with Gasteiger partial charge in [-0.3, -0.25) is 19.2 Å². The van der Waals surface area contributed by atoms with Crippen molar-refractivity contribution in [2.45, 2.75) is 110 Å². The average molecular weight is 1020 g/mol. The molecule has 382 valence electrons. The molecule has 0 spiro atoms. The van der Waals surface area contributed by atoms with Crippen molar-refractivity contribution in [3.8, 4) is 45.3 Å². The van der Waals surface area contributed by atoms with Crippen LogP contribution in [0.4, 0.5) is 5.69 Å². The first-order valence-corrected chi connectivity index (χ1v) is 27.5. The zero-order valence-electron chi connectivity index (χ0n) is 41.1. The van der Waals surface area contributed by atoms with Gasteiger partial charge in [-0.1, -0.05) is 123 Å². The molecule has 1 aliphatic heterocycles. The van der Waals surface area contributed by atoms with Gasteiger partial charge in [-0.05, 0) is 68.5 Å². The van der Waals surface area contributed by atoms with E-state index < -0.39 is 12.5 Å². The normalized spacial score (nSPS) is 12.8. The number of anilines is 1. The van der Waals surface area contributed by atoms with Crippen LogP contribution in [-0.4, -0.2) is 81.2 Å². The highest BCUT2D eigenvalue weighted by atomic mass is 32.5. The minimum atomic E-state index is -3.40. The molecule has 3 heterocycles. The Hall–Kier alpha value is -6.23. The van der Waals surface area contributed by atoms with E-state index in [0.29, 0.717) is 43.7 Å². The zero-order chi connectivity index (χ0) is 51.0. The number of carbonyl (C=O) groups is 3. The summed E-state index contributed by atoms with van der Waals surface area (Å²) in [5.74, 6) is -1.10. The Balaban J connectivity index is 0.824. The van der Waals surface area contributed by atoms with Crippen molar-refractivity contribution in [2.75, 3.05) is 38.3 Å². The molecule has 0 aliphatic carbocycles. The first-order valence-electron chi connectivity index (χ1n) is 25.0. The molecule has 1 unspecified atom stereocenters. The third-order valence-electron chi connectivity index (χ3n) is 12.8. The highest BCUT2D eigenvalue weighted by Crippen LogP contribution is 2.42. The van der Waals surface area contributed by atoms with Gasteiger partial charge in [0.1, 0.15) is 18.2 Å². The second-order valence-electron chi connectivity index (χ2n) is 18.0. The number of nitrogens with one attached hydrogen (secondary N) is 1. The van der Waals surface area contributed by atoms with Crippen molar-refractivity contribution in [1.29, 1.82) is 0 Å². The Morgan fingerprint density at radius 1 is 0.833 bits per heavy atom. The molecule has 18 heteroatoms. The van der Waals surface area contributed by atoms with Gasteiger partial charge < -0.3 is 43.7 Å². The number of rotatable bonds is 26. The number of carbonyl (C=O) groups excluding carboxylic acids is 3. The van der Waals surface area contributed by atoms with Crippen LogP contribution in [0.2, 0.25) is 0 Å². The first kappa shape index (κ1) is 53.6. The SMILES string of the molecule is CCOP([O-])(=S)OCCCCCCNC(=O)CCC(=O)N1Cc2ccccc2-c2c(nnn2CCCCCCCCCCN(C)C(=O)c2ccc(-c3cc(=O)c4ccc(O)c(O)c4o3)cc2)-c2ccccc21. The number of unbranched alkanes of at least 4 members (excludes halogenated alkanes) is 10. The molecule has 3 N–H and O–H groups in total. The number of nitrogens with zero attached hydrogens (tertiary/aromatic N) is 5. The summed E-state index contributed by atoms with van der Waals surface area (Å²) in [5, 5.41) is 32.5. The fourth-order valence-electron chi connectivity index (χ4n) is 8.92. The van der Waals surface area contributed by atoms with Gasteiger partial charge in [0.2, 0.25) is 17.6 Å². The summed E-state index contributed by atoms with van der Waals surface area (Å²) >= 11 is 4.82. The molecule has 0 saturated carbocycles. The van der Waals surface area contributed by atoms with E-state index in [0.717, 1.165) is 104 Å². The maximum atomic E-state index is 14.0. The van der Waals surface area contributed by atoms with Crippen molar-refractivity contribution in [1.82, 2.24) is 25.2 Å². The topological polar surface area (TPSA) is 213 Å². The molecule has 3 amide bonds. The predicted octanol–water partition coefficient (Wildman–Crippen LogP) is 9.63. The number of amides is 3. The van der Waals surface area contributed by atoms with Crippen molar-refractivity contribution in [2.24, 2.45) is 0 Å². The van der Waals surface area contributed by atoms with Crippen LogP contribution in [0.3, 0.4) is 0 Å². The summed E-state index contributed by atoms with van der Waals surface area (Å²) < 4.78 is 17.9.